The first-order valence-corrected chi connectivity index (χ1v) is 6.84. The van der Waals surface area contributed by atoms with Crippen LogP contribution < -0.4 is 0 Å². The number of benzene rings is 2. The summed E-state index contributed by atoms with van der Waals surface area (Å²) < 4.78 is 1.35. The Morgan fingerprint density at radius 3 is 1.47 bits per heavy atom. The summed E-state index contributed by atoms with van der Waals surface area (Å²) in [4.78, 5) is 0. The van der Waals surface area contributed by atoms with Crippen molar-refractivity contribution < 1.29 is 0 Å². The summed E-state index contributed by atoms with van der Waals surface area (Å²) in [6.45, 7) is 8.53. The summed E-state index contributed by atoms with van der Waals surface area (Å²) in [5.41, 5.74) is 5.51. The highest BCUT2D eigenvalue weighted by Crippen LogP contribution is 2.13. The molecule has 2 rings (SSSR count). The van der Waals surface area contributed by atoms with Crippen LogP contribution in [-0.2, 0) is 0 Å². The summed E-state index contributed by atoms with van der Waals surface area (Å²) >= 11 is 2.35. The van der Waals surface area contributed by atoms with Gasteiger partial charge in [0.1, 0.15) is 0 Å². The third-order valence-electron chi connectivity index (χ3n) is 2.96. The molecular weight excluding hydrogens is 319 g/mol. The molecule has 0 spiro atoms. The Balaban J connectivity index is 0.000000171. The standard InChI is InChI=1S/C8H9I.C8H10/c1-6-4-3-5-8(9)7(6)2;1-7-5-3-4-6-8(7)2/h3-5H,1-2H3;3-6H,1-2H3. The molecule has 2 aromatic rings. The molecule has 0 aliphatic carbocycles. The molecule has 0 saturated heterocycles. The Labute approximate surface area is 118 Å². The average molecular weight is 338 g/mol. The molecule has 0 aliphatic heterocycles. The van der Waals surface area contributed by atoms with E-state index in [9.17, 15) is 0 Å². The van der Waals surface area contributed by atoms with E-state index in [2.05, 4.69) is 92.8 Å². The van der Waals surface area contributed by atoms with E-state index in [1.807, 2.05) is 0 Å². The summed E-state index contributed by atoms with van der Waals surface area (Å²) in [5.74, 6) is 0. The molecule has 0 fully saturated rings. The first kappa shape index (κ1) is 14.2. The Morgan fingerprint density at radius 2 is 1.12 bits per heavy atom. The van der Waals surface area contributed by atoms with E-state index in [0.717, 1.165) is 0 Å². The molecule has 0 N–H and O–H groups in total. The average Bonchev–Trinajstić information content (AvgIpc) is 2.31. The van der Waals surface area contributed by atoms with Crippen molar-refractivity contribution in [3.63, 3.8) is 0 Å². The SMILES string of the molecule is Cc1cccc(I)c1C.Cc1ccccc1C. The van der Waals surface area contributed by atoms with Gasteiger partial charge in [0.2, 0.25) is 0 Å². The van der Waals surface area contributed by atoms with Gasteiger partial charge in [0.15, 0.2) is 0 Å². The van der Waals surface area contributed by atoms with E-state index in [0.29, 0.717) is 0 Å². The molecule has 0 aliphatic rings. The number of hydrogen-bond donors (Lipinski definition) is 0. The molecule has 0 aromatic heterocycles. The number of rotatable bonds is 0. The van der Waals surface area contributed by atoms with Gasteiger partial charge in [-0.1, -0.05) is 36.4 Å². The van der Waals surface area contributed by atoms with Crippen LogP contribution in [0, 0.1) is 31.3 Å². The maximum absolute atomic E-state index is 2.35. The second-order valence-corrected chi connectivity index (χ2v) is 5.43. The van der Waals surface area contributed by atoms with Gasteiger partial charge in [0.25, 0.3) is 0 Å². The molecule has 0 unspecified atom stereocenters. The van der Waals surface area contributed by atoms with Crippen LogP contribution in [0.3, 0.4) is 0 Å². The molecule has 0 atom stereocenters. The molecule has 17 heavy (non-hydrogen) atoms. The molecule has 0 amide bonds. The van der Waals surface area contributed by atoms with Gasteiger partial charge in [-0.2, -0.15) is 0 Å². The zero-order valence-corrected chi connectivity index (χ0v) is 13.1. The van der Waals surface area contributed by atoms with Gasteiger partial charge >= 0.3 is 0 Å². The van der Waals surface area contributed by atoms with Crippen LogP contribution in [0.2, 0.25) is 0 Å². The highest BCUT2D eigenvalue weighted by atomic mass is 127. The topological polar surface area (TPSA) is 0 Å². The zero-order chi connectivity index (χ0) is 12.8. The Hall–Kier alpha value is -0.830. The van der Waals surface area contributed by atoms with Crippen LogP contribution in [-0.4, -0.2) is 0 Å². The van der Waals surface area contributed by atoms with Crippen molar-refractivity contribution in [1.82, 2.24) is 0 Å². The minimum atomic E-state index is 1.35. The van der Waals surface area contributed by atoms with E-state index in [-0.39, 0.29) is 0 Å². The highest BCUT2D eigenvalue weighted by molar-refractivity contribution is 14.1. The van der Waals surface area contributed by atoms with Gasteiger partial charge in [-0.3, -0.25) is 0 Å². The zero-order valence-electron chi connectivity index (χ0n) is 10.9. The van der Waals surface area contributed by atoms with Crippen LogP contribution in [0.25, 0.3) is 0 Å². The van der Waals surface area contributed by atoms with Crippen molar-refractivity contribution in [3.8, 4) is 0 Å². The van der Waals surface area contributed by atoms with Gasteiger partial charge < -0.3 is 0 Å². The van der Waals surface area contributed by atoms with Crippen LogP contribution >= 0.6 is 22.6 Å². The predicted molar refractivity (Wildman–Crippen MR) is 84.5 cm³/mol. The Kier molecular flexibility index (Phi) is 5.69. The monoisotopic (exact) mass is 338 g/mol. The van der Waals surface area contributed by atoms with Crippen molar-refractivity contribution in [3.05, 3.63) is 68.3 Å². The van der Waals surface area contributed by atoms with Crippen LogP contribution in [0.1, 0.15) is 22.3 Å². The number of aryl methyl sites for hydroxylation is 3. The van der Waals surface area contributed by atoms with Crippen LogP contribution in [0.4, 0.5) is 0 Å². The molecule has 0 nitrogen and oxygen atoms in total. The first-order valence-electron chi connectivity index (χ1n) is 5.76. The van der Waals surface area contributed by atoms with Gasteiger partial charge in [-0.05, 0) is 78.6 Å². The largest absolute Gasteiger partial charge is 0.0620 e. The molecule has 0 heterocycles. The first-order chi connectivity index (χ1) is 8.02. The molecule has 90 valence electrons. The van der Waals surface area contributed by atoms with E-state index >= 15 is 0 Å². The summed E-state index contributed by atoms with van der Waals surface area (Å²) in [5, 5.41) is 0. The smallest absolute Gasteiger partial charge is 0.0162 e. The van der Waals surface area contributed by atoms with Gasteiger partial charge in [-0.25, -0.2) is 0 Å². The maximum Gasteiger partial charge on any atom is 0.0162 e. The van der Waals surface area contributed by atoms with Crippen molar-refractivity contribution in [1.29, 1.82) is 0 Å². The minimum Gasteiger partial charge on any atom is -0.0620 e. The number of hydrogen-bond acceptors (Lipinski definition) is 0. The lowest BCUT2D eigenvalue weighted by atomic mass is 10.1. The van der Waals surface area contributed by atoms with Crippen molar-refractivity contribution in [2.75, 3.05) is 0 Å². The summed E-state index contributed by atoms with van der Waals surface area (Å²) in [6, 6.07) is 14.7. The van der Waals surface area contributed by atoms with E-state index in [4.69, 9.17) is 0 Å². The van der Waals surface area contributed by atoms with E-state index < -0.39 is 0 Å². The number of halogens is 1. The van der Waals surface area contributed by atoms with Crippen LogP contribution in [0.15, 0.2) is 42.5 Å². The molecular formula is C16H19I. The third-order valence-corrected chi connectivity index (χ3v) is 4.13. The lowest BCUT2D eigenvalue weighted by molar-refractivity contribution is 1.31. The van der Waals surface area contributed by atoms with Gasteiger partial charge in [-0.15, -0.1) is 0 Å². The molecule has 0 saturated carbocycles. The normalized spacial score (nSPS) is 9.47. The molecule has 1 heteroatoms. The quantitative estimate of drug-likeness (QED) is 0.579. The maximum atomic E-state index is 2.35. The van der Waals surface area contributed by atoms with E-state index in [1.54, 1.807) is 0 Å². The second kappa shape index (κ2) is 6.80. The highest BCUT2D eigenvalue weighted by Gasteiger charge is 1.93. The van der Waals surface area contributed by atoms with E-state index in [1.165, 1.54) is 25.8 Å². The lowest BCUT2D eigenvalue weighted by Gasteiger charge is -1.99. The van der Waals surface area contributed by atoms with Gasteiger partial charge in [0, 0.05) is 3.57 Å². The van der Waals surface area contributed by atoms with Crippen LogP contribution in [0.5, 0.6) is 0 Å². The second-order valence-electron chi connectivity index (χ2n) is 4.27. The van der Waals surface area contributed by atoms with Crippen molar-refractivity contribution in [2.24, 2.45) is 0 Å². The predicted octanol–water partition coefficient (Wildman–Crippen LogP) is 5.21. The molecule has 2 aromatic carbocycles. The molecule has 0 radical (unpaired) electrons. The fourth-order valence-electron chi connectivity index (χ4n) is 1.38. The fourth-order valence-corrected chi connectivity index (χ4v) is 2.01. The third kappa shape index (κ3) is 4.50. The lowest BCUT2D eigenvalue weighted by Crippen LogP contribution is -1.82. The summed E-state index contributed by atoms with van der Waals surface area (Å²) in [7, 11) is 0. The summed E-state index contributed by atoms with van der Waals surface area (Å²) in [6.07, 6.45) is 0. The minimum absolute atomic E-state index is 1.35. The Morgan fingerprint density at radius 1 is 0.647 bits per heavy atom. The Bertz CT molecular complexity index is 445. The molecule has 0 bridgehead atoms. The van der Waals surface area contributed by atoms with Crippen molar-refractivity contribution >= 4 is 22.6 Å². The van der Waals surface area contributed by atoms with Gasteiger partial charge in [0.05, 0.1) is 0 Å². The van der Waals surface area contributed by atoms with Crippen molar-refractivity contribution in [2.45, 2.75) is 27.7 Å². The fraction of sp³-hybridized carbons (Fsp3) is 0.250.